The van der Waals surface area contributed by atoms with Gasteiger partial charge in [-0.15, -0.1) is 0 Å². The van der Waals surface area contributed by atoms with Crippen molar-refractivity contribution in [2.45, 2.75) is 291 Å². The molecule has 12 aromatic carbocycles. The molecule has 0 heteroatoms. The Morgan fingerprint density at radius 1 is 0.212 bits per heavy atom. The zero-order valence-electron chi connectivity index (χ0n) is 81.8. The van der Waals surface area contributed by atoms with Crippen LogP contribution in [-0.2, 0) is 25.7 Å². The second-order valence-corrected chi connectivity index (χ2v) is 26.0. The van der Waals surface area contributed by atoms with Crippen molar-refractivity contribution >= 4 is 10.8 Å². The first kappa shape index (κ1) is 125. The molecule has 3 aliphatic carbocycles. The van der Waals surface area contributed by atoms with Crippen molar-refractivity contribution in [3.8, 4) is 11.1 Å². The van der Waals surface area contributed by atoms with Gasteiger partial charge in [0, 0.05) is 0 Å². The Kier molecular flexibility index (Phi) is 114. The number of fused-ring (bicyclic) bond motifs is 6. The first-order valence-corrected chi connectivity index (χ1v) is 46.7. The normalized spacial score (nSPS) is 12.1. The zero-order valence-corrected chi connectivity index (χ0v) is 81.8. The Bertz CT molecular complexity index is 2950. The summed E-state index contributed by atoms with van der Waals surface area (Å²) in [7, 11) is 0. The van der Waals surface area contributed by atoms with Crippen molar-refractivity contribution in [1.82, 2.24) is 0 Å². The lowest BCUT2D eigenvalue weighted by atomic mass is 9.82. The van der Waals surface area contributed by atoms with Gasteiger partial charge in [-0.1, -0.05) is 602 Å². The number of rotatable bonds is 5. The first-order valence-electron chi connectivity index (χ1n) is 46.7. The van der Waals surface area contributed by atoms with Crippen LogP contribution in [0.3, 0.4) is 0 Å². The number of hydrogen-bond donors (Lipinski definition) is 0. The highest BCUT2D eigenvalue weighted by molar-refractivity contribution is 5.82. The molecule has 0 saturated heterocycles. The third-order valence-electron chi connectivity index (χ3n) is 15.8. The summed E-state index contributed by atoms with van der Waals surface area (Å²) in [5.74, 6) is 5.63. The van der Waals surface area contributed by atoms with Crippen LogP contribution in [0.2, 0.25) is 0 Å². The number of benzene rings is 12. The molecule has 0 nitrogen and oxygen atoms in total. The maximum absolute atomic E-state index is 2.21. The van der Waals surface area contributed by atoms with Crippen LogP contribution in [-0.4, -0.2) is 0 Å². The summed E-state index contributed by atoms with van der Waals surface area (Å²) in [5.41, 5.74) is 9.58. The molecule has 0 amide bonds. The van der Waals surface area contributed by atoms with Gasteiger partial charge in [0.15, 0.2) is 0 Å². The summed E-state index contributed by atoms with van der Waals surface area (Å²) in [6.07, 6.45) is 17.8. The molecule has 12 aromatic rings. The summed E-state index contributed by atoms with van der Waals surface area (Å²) < 4.78 is 0. The van der Waals surface area contributed by atoms with E-state index in [2.05, 4.69) is 230 Å². The van der Waals surface area contributed by atoms with Gasteiger partial charge in [0.25, 0.3) is 0 Å². The van der Waals surface area contributed by atoms with Crippen LogP contribution in [0.25, 0.3) is 21.9 Å². The Hall–Kier alpha value is -9.10. The van der Waals surface area contributed by atoms with E-state index in [0.29, 0.717) is 0 Å². The molecule has 3 fully saturated rings. The van der Waals surface area contributed by atoms with Crippen LogP contribution < -0.4 is 0 Å². The lowest BCUT2D eigenvalue weighted by Crippen LogP contribution is -2.15. The quantitative estimate of drug-likeness (QED) is 0.161. The minimum Gasteiger partial charge on any atom is -0.0683 e. The molecule has 4 atom stereocenters. The molecule has 118 heavy (non-hydrogen) atoms. The van der Waals surface area contributed by atoms with Crippen molar-refractivity contribution in [2.75, 3.05) is 0 Å². The molecule has 0 aliphatic heterocycles. The molecule has 0 heterocycles. The summed E-state index contributed by atoms with van der Waals surface area (Å²) in [6.45, 7) is 62.1. The molecule has 0 aromatic heterocycles. The van der Waals surface area contributed by atoms with Crippen LogP contribution in [0.15, 0.2) is 370 Å². The van der Waals surface area contributed by atoms with E-state index >= 15 is 0 Å². The van der Waals surface area contributed by atoms with E-state index in [4.69, 9.17) is 0 Å². The molecular weight excluding hydrogens is 1420 g/mol. The second-order valence-electron chi connectivity index (χ2n) is 26.0. The summed E-state index contributed by atoms with van der Waals surface area (Å²) in [6, 6.07) is 125. The molecule has 0 spiro atoms. The van der Waals surface area contributed by atoms with E-state index < -0.39 is 0 Å². The molecule has 0 N–H and O–H groups in total. The smallest absolute Gasteiger partial charge is 0.0184 e. The molecule has 0 radical (unpaired) electrons. The van der Waals surface area contributed by atoms with E-state index in [1.807, 2.05) is 347 Å². The fourth-order valence-electron chi connectivity index (χ4n) is 10.9. The summed E-state index contributed by atoms with van der Waals surface area (Å²) >= 11 is 0. The molecule has 4 unspecified atom stereocenters. The Balaban J connectivity index is -0.000000184. The van der Waals surface area contributed by atoms with E-state index in [1.54, 1.807) is 38.5 Å². The van der Waals surface area contributed by atoms with Gasteiger partial charge in [-0.3, -0.25) is 0 Å². The van der Waals surface area contributed by atoms with Gasteiger partial charge < -0.3 is 0 Å². The third kappa shape index (κ3) is 80.7. The minimum atomic E-state index is 0.833. The molecule has 15 rings (SSSR count). The fourth-order valence-corrected chi connectivity index (χ4v) is 10.9. The highest BCUT2D eigenvalue weighted by atomic mass is 14.5. The average Bonchev–Trinajstić information content (AvgIpc) is 1.62. The van der Waals surface area contributed by atoms with Gasteiger partial charge in [0.2, 0.25) is 0 Å². The topological polar surface area (TPSA) is 0 Å². The van der Waals surface area contributed by atoms with Gasteiger partial charge in [-0.05, 0) is 138 Å². The average molecular weight is 1600 g/mol. The van der Waals surface area contributed by atoms with E-state index in [0.717, 1.165) is 31.6 Å². The predicted molar refractivity (Wildman–Crippen MR) is 550 cm³/mol. The summed E-state index contributed by atoms with van der Waals surface area (Å²) in [5, 5.41) is 2.62. The van der Waals surface area contributed by atoms with Crippen molar-refractivity contribution in [3.05, 3.63) is 398 Å². The number of aryl methyl sites for hydroxylation is 5. The monoisotopic (exact) mass is 1600 g/mol. The molecule has 3 aliphatic rings. The van der Waals surface area contributed by atoms with Gasteiger partial charge in [-0.2, -0.15) is 0 Å². The van der Waals surface area contributed by atoms with Crippen molar-refractivity contribution in [2.24, 2.45) is 29.6 Å². The maximum Gasteiger partial charge on any atom is -0.0184 e. The Morgan fingerprint density at radius 3 is 0.500 bits per heavy atom. The van der Waals surface area contributed by atoms with Gasteiger partial charge in [-0.25, -0.2) is 0 Å². The van der Waals surface area contributed by atoms with Crippen LogP contribution in [0.5, 0.6) is 0 Å². The van der Waals surface area contributed by atoms with E-state index in [1.165, 1.54) is 92.7 Å². The third-order valence-corrected chi connectivity index (χ3v) is 15.8. The van der Waals surface area contributed by atoms with E-state index in [-0.39, 0.29) is 0 Å². The maximum atomic E-state index is 2.21. The second kappa shape index (κ2) is 108. The predicted octanol–water partition coefficient (Wildman–Crippen LogP) is 39.2. The molecular formula is C118H182. The minimum absolute atomic E-state index is 0.833. The highest BCUT2D eigenvalue weighted by Crippen LogP contribution is 2.58. The molecule has 3 saturated carbocycles. The Morgan fingerprint density at radius 2 is 0.356 bits per heavy atom. The highest BCUT2D eigenvalue weighted by Gasteiger charge is 2.48. The first-order chi connectivity index (χ1) is 58.0. The number of hydrogen-bond acceptors (Lipinski definition) is 0. The van der Waals surface area contributed by atoms with Crippen LogP contribution >= 0.6 is 0 Å². The van der Waals surface area contributed by atoms with Crippen LogP contribution in [0.1, 0.15) is 286 Å². The lowest BCUT2D eigenvalue weighted by molar-refractivity contribution is 0.259. The molecule has 2 bridgehead atoms. The van der Waals surface area contributed by atoms with Gasteiger partial charge >= 0.3 is 0 Å². The van der Waals surface area contributed by atoms with E-state index in [9.17, 15) is 0 Å². The Labute approximate surface area is 735 Å². The zero-order chi connectivity index (χ0) is 90.4. The van der Waals surface area contributed by atoms with Crippen LogP contribution in [0, 0.1) is 36.5 Å². The van der Waals surface area contributed by atoms with Crippen LogP contribution in [0.4, 0.5) is 0 Å². The van der Waals surface area contributed by atoms with Crippen molar-refractivity contribution in [1.29, 1.82) is 0 Å². The van der Waals surface area contributed by atoms with Crippen molar-refractivity contribution < 1.29 is 0 Å². The van der Waals surface area contributed by atoms with Gasteiger partial charge in [0.05, 0.1) is 0 Å². The van der Waals surface area contributed by atoms with Gasteiger partial charge in [0.1, 0.15) is 0 Å². The molecule has 654 valence electrons. The standard InChI is InChI=1S/C16H18.C10H16.C10H8.C10H14.C7H8.6C6H6.C4H10.3C3H8.8C2H6/c1-3-13-5-9-15(10-6-13)16-11-7-14(4-2)8-12-16;1-2-9-7-4-5-8(6-7)10(9)3-1;1-2-6-10-8-4-3-7-9(10)5-1;1-3-9-5-7-10(4-2)8-6-9;1-7-5-3-2-4-6-7;6*1-2-4-6-5-3-1;1-4(2)3;3*1-3-2;8*1-2/h5-12H,3-4H2,1-2H3;7-10H,1-6H2;1-8H;5-8H,3-4H2,1-2H3;2-6H,1H3;6*1-6H;4H,1-3H3;3*3H2,1-2H3;8*1-2H3. The van der Waals surface area contributed by atoms with Crippen molar-refractivity contribution in [3.63, 3.8) is 0 Å². The lowest BCUT2D eigenvalue weighted by Gasteiger charge is -2.23. The summed E-state index contributed by atoms with van der Waals surface area (Å²) in [4.78, 5) is 0. The largest absolute Gasteiger partial charge is 0.0683 e. The SMILES string of the molecule is C1CC2C3CCC(C3)C2C1.CC.CC.CC.CC.CC.CC.CC.CC.CC(C)C.CCC.CCC.CCC.CCc1ccc(-c2ccc(CC)cc2)cc1.CCc1ccc(CC)cc1.Cc1ccccc1.c1ccc2ccccc2c1.c1ccccc1.c1ccccc1.c1ccccc1.c1ccccc1.c1ccccc1.c1ccccc1. The fraction of sp³-hybridized carbons (Fsp3) is 0.407.